The fraction of sp³-hybridized carbons (Fsp3) is 0.231. The van der Waals surface area contributed by atoms with E-state index >= 15 is 0 Å². The van der Waals surface area contributed by atoms with E-state index < -0.39 is 0 Å². The molecule has 1 aromatic carbocycles. The van der Waals surface area contributed by atoms with Gasteiger partial charge in [0.15, 0.2) is 0 Å². The van der Waals surface area contributed by atoms with E-state index in [1.807, 2.05) is 37.3 Å². The predicted octanol–water partition coefficient (Wildman–Crippen LogP) is 1.90. The van der Waals surface area contributed by atoms with Crippen LogP contribution in [-0.4, -0.2) is 22.4 Å². The Morgan fingerprint density at radius 1 is 1.39 bits per heavy atom. The molecule has 0 saturated heterocycles. The van der Waals surface area contributed by atoms with Crippen LogP contribution in [0.2, 0.25) is 0 Å². The molecule has 5 heteroatoms. The molecule has 2 rings (SSSR count). The van der Waals surface area contributed by atoms with Gasteiger partial charge in [-0.25, -0.2) is 4.98 Å². The van der Waals surface area contributed by atoms with Gasteiger partial charge >= 0.3 is 0 Å². The first kappa shape index (κ1) is 12.3. The highest BCUT2D eigenvalue weighted by Gasteiger charge is 2.14. The lowest BCUT2D eigenvalue weighted by Crippen LogP contribution is -2.13. The maximum absolute atomic E-state index is 7.58. The first-order valence-electron chi connectivity index (χ1n) is 5.78. The Morgan fingerprint density at radius 2 is 2.11 bits per heavy atom. The van der Waals surface area contributed by atoms with Crippen molar-refractivity contribution in [3.05, 3.63) is 41.9 Å². The highest BCUT2D eigenvalue weighted by atomic mass is 16.5. The Balaban J connectivity index is 2.39. The molecule has 0 atom stereocenters. The van der Waals surface area contributed by atoms with Gasteiger partial charge in [0.25, 0.3) is 0 Å². The van der Waals surface area contributed by atoms with E-state index in [4.69, 9.17) is 15.9 Å². The summed E-state index contributed by atoms with van der Waals surface area (Å²) in [6, 6.07) is 9.66. The molecule has 0 radical (unpaired) electrons. The zero-order chi connectivity index (χ0) is 13.0. The fourth-order valence-electron chi connectivity index (χ4n) is 1.69. The molecule has 94 valence electrons. The van der Waals surface area contributed by atoms with Crippen molar-refractivity contribution < 1.29 is 4.74 Å². The number of ether oxygens (including phenoxy) is 1. The van der Waals surface area contributed by atoms with Crippen LogP contribution in [0.1, 0.15) is 18.4 Å². The van der Waals surface area contributed by atoms with E-state index in [2.05, 4.69) is 9.97 Å². The second-order valence-corrected chi connectivity index (χ2v) is 3.82. The molecule has 0 fully saturated rings. The van der Waals surface area contributed by atoms with Crippen LogP contribution in [0, 0.1) is 5.41 Å². The minimum Gasteiger partial charge on any atom is -0.382 e. The zero-order valence-electron chi connectivity index (χ0n) is 10.2. The summed E-state index contributed by atoms with van der Waals surface area (Å²) in [5.41, 5.74) is 7.73. The Morgan fingerprint density at radius 3 is 2.72 bits per heavy atom. The number of nitrogens with zero attached hydrogens (tertiary/aromatic N) is 1. The largest absolute Gasteiger partial charge is 0.382 e. The van der Waals surface area contributed by atoms with Crippen molar-refractivity contribution in [1.82, 2.24) is 9.97 Å². The maximum Gasteiger partial charge on any atom is 0.141 e. The molecule has 0 spiro atoms. The van der Waals surface area contributed by atoms with Gasteiger partial charge in [-0.1, -0.05) is 30.3 Å². The topological polar surface area (TPSA) is 87.8 Å². The van der Waals surface area contributed by atoms with Gasteiger partial charge in [0, 0.05) is 12.2 Å². The van der Waals surface area contributed by atoms with Gasteiger partial charge in [-0.3, -0.25) is 5.41 Å². The van der Waals surface area contributed by atoms with Crippen LogP contribution < -0.4 is 5.73 Å². The molecule has 0 saturated carbocycles. The lowest BCUT2D eigenvalue weighted by Gasteiger charge is -1.99. The number of amidine groups is 1. The normalized spacial score (nSPS) is 10.5. The number of hydrogen-bond acceptors (Lipinski definition) is 3. The highest BCUT2D eigenvalue weighted by Crippen LogP contribution is 2.21. The van der Waals surface area contributed by atoms with E-state index in [0.29, 0.717) is 30.4 Å². The number of benzene rings is 1. The van der Waals surface area contributed by atoms with Gasteiger partial charge in [-0.2, -0.15) is 0 Å². The minimum absolute atomic E-state index is 0.0240. The first-order valence-corrected chi connectivity index (χ1v) is 5.78. The Labute approximate surface area is 106 Å². The van der Waals surface area contributed by atoms with Crippen molar-refractivity contribution in [1.29, 1.82) is 5.41 Å². The van der Waals surface area contributed by atoms with Gasteiger partial charge in [-0.15, -0.1) is 0 Å². The molecule has 0 amide bonds. The van der Waals surface area contributed by atoms with E-state index in [-0.39, 0.29) is 5.84 Å². The summed E-state index contributed by atoms with van der Waals surface area (Å²) in [6.07, 6.45) is 0. The van der Waals surface area contributed by atoms with Gasteiger partial charge in [0.05, 0.1) is 5.69 Å². The fourth-order valence-corrected chi connectivity index (χ4v) is 1.69. The molecular formula is C13H16N4O. The quantitative estimate of drug-likeness (QED) is 0.554. The average Bonchev–Trinajstić information content (AvgIpc) is 2.82. The van der Waals surface area contributed by atoms with Crippen LogP contribution in [0.3, 0.4) is 0 Å². The second-order valence-electron chi connectivity index (χ2n) is 3.82. The van der Waals surface area contributed by atoms with E-state index in [1.165, 1.54) is 0 Å². The lowest BCUT2D eigenvalue weighted by molar-refractivity contribution is 0.129. The van der Waals surface area contributed by atoms with E-state index in [9.17, 15) is 0 Å². The summed E-state index contributed by atoms with van der Waals surface area (Å²) in [5, 5.41) is 7.58. The van der Waals surface area contributed by atoms with E-state index in [1.54, 1.807) is 0 Å². The van der Waals surface area contributed by atoms with Crippen molar-refractivity contribution >= 4 is 5.84 Å². The van der Waals surface area contributed by atoms with Crippen molar-refractivity contribution in [3.8, 4) is 11.3 Å². The number of rotatable bonds is 5. The Bertz CT molecular complexity index is 533. The molecule has 0 unspecified atom stereocenters. The number of aromatic nitrogens is 2. The molecule has 2 aromatic rings. The summed E-state index contributed by atoms with van der Waals surface area (Å²) < 4.78 is 5.30. The first-order chi connectivity index (χ1) is 8.72. The molecule has 18 heavy (non-hydrogen) atoms. The van der Waals surface area contributed by atoms with Gasteiger partial charge < -0.3 is 15.5 Å². The summed E-state index contributed by atoms with van der Waals surface area (Å²) in [4.78, 5) is 7.47. The summed E-state index contributed by atoms with van der Waals surface area (Å²) >= 11 is 0. The Kier molecular flexibility index (Phi) is 3.74. The number of imidazole rings is 1. The third-order valence-electron chi connectivity index (χ3n) is 2.51. The number of aromatic amines is 1. The minimum atomic E-state index is -0.0240. The summed E-state index contributed by atoms with van der Waals surface area (Å²) in [7, 11) is 0. The maximum atomic E-state index is 7.58. The molecule has 5 nitrogen and oxygen atoms in total. The monoisotopic (exact) mass is 244 g/mol. The van der Waals surface area contributed by atoms with Crippen LogP contribution in [-0.2, 0) is 11.3 Å². The van der Waals surface area contributed by atoms with Crippen molar-refractivity contribution in [2.24, 2.45) is 5.73 Å². The molecular weight excluding hydrogens is 228 g/mol. The van der Waals surface area contributed by atoms with Crippen LogP contribution in [0.15, 0.2) is 30.3 Å². The SMILES string of the molecule is CCOCc1nc(-c2ccccc2)c(C(=N)N)[nH]1. The molecule has 1 aromatic heterocycles. The number of nitrogen functional groups attached to an aromatic ring is 1. The van der Waals surface area contributed by atoms with Crippen molar-refractivity contribution in [2.75, 3.05) is 6.61 Å². The molecule has 1 heterocycles. The number of H-pyrrole nitrogens is 1. The van der Waals surface area contributed by atoms with E-state index in [0.717, 1.165) is 5.56 Å². The van der Waals surface area contributed by atoms with Crippen LogP contribution in [0.25, 0.3) is 11.3 Å². The van der Waals surface area contributed by atoms with Crippen LogP contribution in [0.5, 0.6) is 0 Å². The van der Waals surface area contributed by atoms with Gasteiger partial charge in [-0.05, 0) is 6.92 Å². The third-order valence-corrected chi connectivity index (χ3v) is 2.51. The van der Waals surface area contributed by atoms with Crippen molar-refractivity contribution in [2.45, 2.75) is 13.5 Å². The van der Waals surface area contributed by atoms with Crippen LogP contribution in [0.4, 0.5) is 0 Å². The zero-order valence-corrected chi connectivity index (χ0v) is 10.2. The number of hydrogen-bond donors (Lipinski definition) is 3. The number of nitrogens with two attached hydrogens (primary N) is 1. The third kappa shape index (κ3) is 2.57. The number of nitrogens with one attached hydrogen (secondary N) is 2. The van der Waals surface area contributed by atoms with Gasteiger partial charge in [0.2, 0.25) is 0 Å². The Hall–Kier alpha value is -2.14. The molecule has 0 aliphatic carbocycles. The highest BCUT2D eigenvalue weighted by molar-refractivity contribution is 5.98. The average molecular weight is 244 g/mol. The predicted molar refractivity (Wildman–Crippen MR) is 70.4 cm³/mol. The van der Waals surface area contributed by atoms with Crippen molar-refractivity contribution in [3.63, 3.8) is 0 Å². The summed E-state index contributed by atoms with van der Waals surface area (Å²) in [6.45, 7) is 2.94. The smallest absolute Gasteiger partial charge is 0.141 e. The summed E-state index contributed by atoms with van der Waals surface area (Å²) in [5.74, 6) is 0.657. The second kappa shape index (κ2) is 5.46. The molecule has 0 aliphatic rings. The molecule has 4 N–H and O–H groups in total. The lowest BCUT2D eigenvalue weighted by atomic mass is 10.1. The van der Waals surface area contributed by atoms with Gasteiger partial charge in [0.1, 0.15) is 24.0 Å². The molecule has 0 aliphatic heterocycles. The van der Waals surface area contributed by atoms with Crippen LogP contribution >= 0.6 is 0 Å². The molecule has 0 bridgehead atoms. The standard InChI is InChI=1S/C13H16N4O/c1-2-18-8-10-16-11(12(17-10)13(14)15)9-6-4-3-5-7-9/h3-7H,2,8H2,1H3,(H3,14,15)(H,16,17).